The molecule has 3 N–H and O–H groups in total. The molecule has 1 aromatic rings. The lowest BCUT2D eigenvalue weighted by Gasteiger charge is -2.23. The van der Waals surface area contributed by atoms with Gasteiger partial charge in [0.25, 0.3) is 0 Å². The highest BCUT2D eigenvalue weighted by Gasteiger charge is 2.12. The maximum Gasteiger partial charge on any atom is 0.143 e. The first-order valence-electron chi connectivity index (χ1n) is 4.88. The molecular formula is C10H16BrN3O. The highest BCUT2D eigenvalue weighted by molar-refractivity contribution is 9.10. The molecule has 1 aromatic heterocycles. The molecule has 0 saturated carbocycles. The number of halogens is 1. The number of hydrogen-bond donors (Lipinski definition) is 2. The highest BCUT2D eigenvalue weighted by Crippen LogP contribution is 2.30. The van der Waals surface area contributed by atoms with Crippen LogP contribution in [0.5, 0.6) is 0 Å². The monoisotopic (exact) mass is 273 g/mol. The Hall–Kier alpha value is -0.810. The molecule has 0 bridgehead atoms. The zero-order valence-electron chi connectivity index (χ0n) is 9.00. The van der Waals surface area contributed by atoms with Crippen LogP contribution < -0.4 is 10.6 Å². The van der Waals surface area contributed by atoms with Gasteiger partial charge in [0.2, 0.25) is 0 Å². The maximum atomic E-state index is 8.93. The highest BCUT2D eigenvalue weighted by atomic mass is 79.9. The minimum atomic E-state index is 0.116. The number of nitrogen functional groups attached to an aromatic ring is 1. The summed E-state index contributed by atoms with van der Waals surface area (Å²) < 4.78 is 0.901. The van der Waals surface area contributed by atoms with Crippen LogP contribution in [0.4, 0.5) is 11.5 Å². The third-order valence-electron chi connectivity index (χ3n) is 2.34. The van der Waals surface area contributed by atoms with Gasteiger partial charge in [-0.25, -0.2) is 4.98 Å². The lowest BCUT2D eigenvalue weighted by molar-refractivity contribution is 0.302. The Bertz CT molecular complexity index is 344. The van der Waals surface area contributed by atoms with Gasteiger partial charge in [0, 0.05) is 13.1 Å². The molecule has 1 rings (SSSR count). The van der Waals surface area contributed by atoms with E-state index < -0.39 is 0 Å². The van der Waals surface area contributed by atoms with Crippen LogP contribution in [0.2, 0.25) is 0 Å². The number of aromatic nitrogens is 1. The molecule has 0 spiro atoms. The molecule has 1 heterocycles. The third kappa shape index (κ3) is 2.60. The fourth-order valence-corrected chi connectivity index (χ4v) is 1.92. The first kappa shape index (κ1) is 12.3. The SMILES string of the molecule is CCN(CCO)c1ncc(N)c(C)c1Br. The van der Waals surface area contributed by atoms with E-state index in [-0.39, 0.29) is 6.61 Å². The zero-order valence-corrected chi connectivity index (χ0v) is 10.6. The smallest absolute Gasteiger partial charge is 0.143 e. The van der Waals surface area contributed by atoms with Crippen LogP contribution in [0, 0.1) is 6.92 Å². The second-order valence-electron chi connectivity index (χ2n) is 3.28. The summed E-state index contributed by atoms with van der Waals surface area (Å²) in [6.07, 6.45) is 1.65. The first-order chi connectivity index (χ1) is 7.11. The van der Waals surface area contributed by atoms with E-state index in [0.717, 1.165) is 22.4 Å². The molecule has 0 unspecified atom stereocenters. The van der Waals surface area contributed by atoms with Crippen LogP contribution in [0.1, 0.15) is 12.5 Å². The molecule has 0 radical (unpaired) electrons. The number of pyridine rings is 1. The van der Waals surface area contributed by atoms with E-state index in [2.05, 4.69) is 20.9 Å². The Kier molecular flexibility index (Phi) is 4.35. The molecule has 84 valence electrons. The molecule has 5 heteroatoms. The molecule has 0 aliphatic heterocycles. The zero-order chi connectivity index (χ0) is 11.4. The maximum absolute atomic E-state index is 8.93. The summed E-state index contributed by atoms with van der Waals surface area (Å²) in [5.74, 6) is 0.832. The van der Waals surface area contributed by atoms with Crippen LogP contribution in [-0.4, -0.2) is 29.8 Å². The Balaban J connectivity index is 3.07. The van der Waals surface area contributed by atoms with E-state index in [1.165, 1.54) is 0 Å². The van der Waals surface area contributed by atoms with Crippen molar-refractivity contribution in [1.82, 2.24) is 4.98 Å². The summed E-state index contributed by atoms with van der Waals surface area (Å²) in [5, 5.41) is 8.93. The minimum Gasteiger partial charge on any atom is -0.397 e. The number of hydrogen-bond acceptors (Lipinski definition) is 4. The van der Waals surface area contributed by atoms with E-state index in [4.69, 9.17) is 10.8 Å². The van der Waals surface area contributed by atoms with Crippen molar-refractivity contribution in [1.29, 1.82) is 0 Å². The second kappa shape index (κ2) is 5.32. The van der Waals surface area contributed by atoms with E-state index in [1.807, 2.05) is 18.7 Å². The van der Waals surface area contributed by atoms with Crippen molar-refractivity contribution in [3.63, 3.8) is 0 Å². The van der Waals surface area contributed by atoms with Crippen LogP contribution in [0.3, 0.4) is 0 Å². The van der Waals surface area contributed by atoms with Crippen molar-refractivity contribution < 1.29 is 5.11 Å². The van der Waals surface area contributed by atoms with Crippen molar-refractivity contribution in [2.45, 2.75) is 13.8 Å². The molecule has 0 amide bonds. The third-order valence-corrected chi connectivity index (χ3v) is 3.29. The quantitative estimate of drug-likeness (QED) is 0.874. The topological polar surface area (TPSA) is 62.4 Å². The van der Waals surface area contributed by atoms with Gasteiger partial charge in [0.05, 0.1) is 23.0 Å². The molecule has 15 heavy (non-hydrogen) atoms. The number of nitrogens with two attached hydrogens (primary N) is 1. The fraction of sp³-hybridized carbons (Fsp3) is 0.500. The number of aliphatic hydroxyl groups is 1. The molecule has 0 atom stereocenters. The number of rotatable bonds is 4. The number of anilines is 2. The van der Waals surface area contributed by atoms with Crippen molar-refractivity contribution in [3.05, 3.63) is 16.2 Å². The van der Waals surface area contributed by atoms with Crippen LogP contribution in [0.15, 0.2) is 10.7 Å². The van der Waals surface area contributed by atoms with Gasteiger partial charge in [-0.1, -0.05) is 0 Å². The van der Waals surface area contributed by atoms with Gasteiger partial charge in [-0.3, -0.25) is 0 Å². The molecular weight excluding hydrogens is 258 g/mol. The average Bonchev–Trinajstić information content (AvgIpc) is 2.24. The van der Waals surface area contributed by atoms with Crippen molar-refractivity contribution in [2.24, 2.45) is 0 Å². The molecule has 0 fully saturated rings. The van der Waals surface area contributed by atoms with Gasteiger partial charge < -0.3 is 15.7 Å². The summed E-state index contributed by atoms with van der Waals surface area (Å²) in [7, 11) is 0. The standard InChI is InChI=1S/C10H16BrN3O/c1-3-14(4-5-15)10-9(11)7(2)8(12)6-13-10/h6,15H,3-5,12H2,1-2H3. The minimum absolute atomic E-state index is 0.116. The molecule has 4 nitrogen and oxygen atoms in total. The largest absolute Gasteiger partial charge is 0.397 e. The van der Waals surface area contributed by atoms with Crippen LogP contribution >= 0.6 is 15.9 Å². The van der Waals surface area contributed by atoms with E-state index in [0.29, 0.717) is 12.2 Å². The Morgan fingerprint density at radius 1 is 1.60 bits per heavy atom. The predicted molar refractivity (Wildman–Crippen MR) is 66.1 cm³/mol. The van der Waals surface area contributed by atoms with Gasteiger partial charge >= 0.3 is 0 Å². The summed E-state index contributed by atoms with van der Waals surface area (Å²) in [4.78, 5) is 6.27. The summed E-state index contributed by atoms with van der Waals surface area (Å²) >= 11 is 3.48. The van der Waals surface area contributed by atoms with E-state index in [9.17, 15) is 0 Å². The molecule has 0 saturated heterocycles. The van der Waals surface area contributed by atoms with Gasteiger partial charge in [0.1, 0.15) is 5.82 Å². The van der Waals surface area contributed by atoms with E-state index >= 15 is 0 Å². The Morgan fingerprint density at radius 3 is 2.80 bits per heavy atom. The van der Waals surface area contributed by atoms with E-state index in [1.54, 1.807) is 6.20 Å². The molecule has 0 aromatic carbocycles. The van der Waals surface area contributed by atoms with Gasteiger partial charge in [-0.05, 0) is 35.3 Å². The fourth-order valence-electron chi connectivity index (χ4n) is 1.33. The lowest BCUT2D eigenvalue weighted by Crippen LogP contribution is -2.27. The number of aliphatic hydroxyl groups excluding tert-OH is 1. The average molecular weight is 274 g/mol. The van der Waals surface area contributed by atoms with Gasteiger partial charge in [-0.15, -0.1) is 0 Å². The lowest BCUT2D eigenvalue weighted by atomic mass is 10.2. The first-order valence-corrected chi connectivity index (χ1v) is 5.67. The van der Waals surface area contributed by atoms with Crippen LogP contribution in [0.25, 0.3) is 0 Å². The van der Waals surface area contributed by atoms with Crippen molar-refractivity contribution >= 4 is 27.4 Å². The summed E-state index contributed by atoms with van der Waals surface area (Å²) in [6, 6.07) is 0. The van der Waals surface area contributed by atoms with Crippen LogP contribution in [-0.2, 0) is 0 Å². The number of likely N-dealkylation sites (N-methyl/N-ethyl adjacent to an activating group) is 1. The normalized spacial score (nSPS) is 10.4. The van der Waals surface area contributed by atoms with Gasteiger partial charge in [-0.2, -0.15) is 0 Å². The molecule has 0 aliphatic carbocycles. The second-order valence-corrected chi connectivity index (χ2v) is 4.07. The predicted octanol–water partition coefficient (Wildman–Crippen LogP) is 1.55. The molecule has 0 aliphatic rings. The van der Waals surface area contributed by atoms with Gasteiger partial charge in [0.15, 0.2) is 0 Å². The van der Waals surface area contributed by atoms with Crippen molar-refractivity contribution in [3.8, 4) is 0 Å². The number of nitrogens with zero attached hydrogens (tertiary/aromatic N) is 2. The Labute approximate surface area is 98.2 Å². The Morgan fingerprint density at radius 2 is 2.27 bits per heavy atom. The summed E-state index contributed by atoms with van der Waals surface area (Å²) in [6.45, 7) is 5.46. The van der Waals surface area contributed by atoms with Crippen molar-refractivity contribution in [2.75, 3.05) is 30.3 Å². The summed E-state index contributed by atoms with van der Waals surface area (Å²) in [5.41, 5.74) is 7.40.